The summed E-state index contributed by atoms with van der Waals surface area (Å²) in [4.78, 5) is 0. The molecule has 2 aromatic carbocycles. The van der Waals surface area contributed by atoms with E-state index in [9.17, 15) is 0 Å². The van der Waals surface area contributed by atoms with Crippen LogP contribution in [0.2, 0.25) is 10.0 Å². The third-order valence-electron chi connectivity index (χ3n) is 2.98. The van der Waals surface area contributed by atoms with Gasteiger partial charge < -0.3 is 15.8 Å². The maximum Gasteiger partial charge on any atom is 0.125 e. The first-order valence-electron chi connectivity index (χ1n) is 6.20. The van der Waals surface area contributed by atoms with Gasteiger partial charge in [0.2, 0.25) is 0 Å². The second-order valence-electron chi connectivity index (χ2n) is 4.30. The summed E-state index contributed by atoms with van der Waals surface area (Å²) >= 11 is 12.3. The van der Waals surface area contributed by atoms with Crippen LogP contribution in [0.1, 0.15) is 11.6 Å². The summed E-state index contributed by atoms with van der Waals surface area (Å²) < 4.78 is 5.36. The van der Waals surface area contributed by atoms with E-state index in [1.807, 2.05) is 42.5 Å². The van der Waals surface area contributed by atoms with Crippen LogP contribution in [-0.2, 0) is 0 Å². The van der Waals surface area contributed by atoms with E-state index < -0.39 is 0 Å². The van der Waals surface area contributed by atoms with Gasteiger partial charge in [-0.3, -0.25) is 0 Å². The van der Waals surface area contributed by atoms with Crippen LogP contribution >= 0.6 is 23.2 Å². The zero-order chi connectivity index (χ0) is 14.5. The Balaban J connectivity index is 2.33. The van der Waals surface area contributed by atoms with E-state index >= 15 is 0 Å². The molecule has 0 saturated carbocycles. The van der Waals surface area contributed by atoms with Gasteiger partial charge in [0.25, 0.3) is 0 Å². The molecule has 1 unspecified atom stereocenters. The number of hydrogen-bond acceptors (Lipinski definition) is 3. The Hall–Kier alpha value is -1.42. The molecule has 2 rings (SSSR count). The lowest BCUT2D eigenvalue weighted by Crippen LogP contribution is -2.21. The number of nitrogens with two attached hydrogens (primary N) is 1. The van der Waals surface area contributed by atoms with E-state index in [1.54, 1.807) is 7.11 Å². The summed E-state index contributed by atoms with van der Waals surface area (Å²) in [5.74, 6) is 0.711. The molecule has 106 valence electrons. The minimum absolute atomic E-state index is 0.155. The SMILES string of the molecule is COc1cccc(Cl)c1C(CN)Nc1cccc(Cl)c1. The van der Waals surface area contributed by atoms with Crippen molar-refractivity contribution in [3.8, 4) is 5.75 Å². The van der Waals surface area contributed by atoms with Gasteiger partial charge >= 0.3 is 0 Å². The lowest BCUT2D eigenvalue weighted by atomic mass is 10.0. The molecule has 3 nitrogen and oxygen atoms in total. The van der Waals surface area contributed by atoms with Crippen molar-refractivity contribution >= 4 is 28.9 Å². The number of anilines is 1. The van der Waals surface area contributed by atoms with Gasteiger partial charge in [0.15, 0.2) is 0 Å². The molecule has 0 aliphatic heterocycles. The molecule has 2 aromatic rings. The van der Waals surface area contributed by atoms with Crippen molar-refractivity contribution in [1.82, 2.24) is 0 Å². The van der Waals surface area contributed by atoms with Crippen LogP contribution in [-0.4, -0.2) is 13.7 Å². The molecule has 20 heavy (non-hydrogen) atoms. The van der Waals surface area contributed by atoms with E-state index in [-0.39, 0.29) is 6.04 Å². The predicted octanol–water partition coefficient (Wildman–Crippen LogP) is 4.11. The minimum atomic E-state index is -0.155. The summed E-state index contributed by atoms with van der Waals surface area (Å²) in [7, 11) is 1.61. The summed E-state index contributed by atoms with van der Waals surface area (Å²) in [6.07, 6.45) is 0. The van der Waals surface area contributed by atoms with E-state index in [1.165, 1.54) is 0 Å². The van der Waals surface area contributed by atoms with Crippen molar-refractivity contribution in [1.29, 1.82) is 0 Å². The Labute approximate surface area is 128 Å². The smallest absolute Gasteiger partial charge is 0.125 e. The van der Waals surface area contributed by atoms with Crippen LogP contribution in [0.25, 0.3) is 0 Å². The summed E-state index contributed by atoms with van der Waals surface area (Å²) in [6.45, 7) is 0.382. The first-order valence-corrected chi connectivity index (χ1v) is 6.96. The minimum Gasteiger partial charge on any atom is -0.496 e. The first-order chi connectivity index (χ1) is 9.65. The highest BCUT2D eigenvalue weighted by Gasteiger charge is 2.18. The fourth-order valence-corrected chi connectivity index (χ4v) is 2.55. The van der Waals surface area contributed by atoms with Crippen LogP contribution in [0.5, 0.6) is 5.75 Å². The number of halogens is 2. The quantitative estimate of drug-likeness (QED) is 0.873. The van der Waals surface area contributed by atoms with Crippen molar-refractivity contribution in [2.45, 2.75) is 6.04 Å². The van der Waals surface area contributed by atoms with Gasteiger partial charge in [-0.05, 0) is 30.3 Å². The molecular formula is C15H16Cl2N2O. The summed E-state index contributed by atoms with van der Waals surface area (Å²) in [6, 6.07) is 12.8. The largest absolute Gasteiger partial charge is 0.496 e. The van der Waals surface area contributed by atoms with E-state index in [0.717, 1.165) is 11.3 Å². The number of hydrogen-bond donors (Lipinski definition) is 2. The Kier molecular flexibility index (Phi) is 5.12. The Bertz CT molecular complexity index is 590. The fourth-order valence-electron chi connectivity index (χ4n) is 2.06. The normalized spacial score (nSPS) is 12.0. The molecule has 0 aliphatic carbocycles. The number of benzene rings is 2. The monoisotopic (exact) mass is 310 g/mol. The van der Waals surface area contributed by atoms with E-state index in [4.69, 9.17) is 33.7 Å². The lowest BCUT2D eigenvalue weighted by Gasteiger charge is -2.22. The average molecular weight is 311 g/mol. The first kappa shape index (κ1) is 15.0. The molecule has 0 spiro atoms. The average Bonchev–Trinajstić information content (AvgIpc) is 2.45. The van der Waals surface area contributed by atoms with E-state index in [2.05, 4.69) is 5.32 Å². The number of methoxy groups -OCH3 is 1. The number of rotatable bonds is 5. The van der Waals surface area contributed by atoms with Crippen molar-refractivity contribution in [3.63, 3.8) is 0 Å². The molecule has 0 bridgehead atoms. The molecule has 0 heterocycles. The molecule has 0 amide bonds. The molecule has 5 heteroatoms. The van der Waals surface area contributed by atoms with Gasteiger partial charge in [-0.25, -0.2) is 0 Å². The molecular weight excluding hydrogens is 295 g/mol. The Morgan fingerprint density at radius 3 is 2.60 bits per heavy atom. The summed E-state index contributed by atoms with van der Waals surface area (Å²) in [5.41, 5.74) is 7.60. The zero-order valence-electron chi connectivity index (χ0n) is 11.1. The zero-order valence-corrected chi connectivity index (χ0v) is 12.6. The van der Waals surface area contributed by atoms with Crippen molar-refractivity contribution < 1.29 is 4.74 Å². The Morgan fingerprint density at radius 2 is 1.95 bits per heavy atom. The third-order valence-corrected chi connectivity index (χ3v) is 3.55. The van der Waals surface area contributed by atoms with Gasteiger partial charge in [-0.2, -0.15) is 0 Å². The maximum absolute atomic E-state index is 6.28. The highest BCUT2D eigenvalue weighted by Crippen LogP contribution is 2.33. The van der Waals surface area contributed by atoms with Crippen LogP contribution < -0.4 is 15.8 Å². The molecule has 0 saturated heterocycles. The van der Waals surface area contributed by atoms with Gasteiger partial charge in [0.05, 0.1) is 13.2 Å². The van der Waals surface area contributed by atoms with Crippen LogP contribution in [0.15, 0.2) is 42.5 Å². The molecule has 0 radical (unpaired) electrons. The second kappa shape index (κ2) is 6.84. The summed E-state index contributed by atoms with van der Waals surface area (Å²) in [5, 5.41) is 4.61. The lowest BCUT2D eigenvalue weighted by molar-refractivity contribution is 0.407. The van der Waals surface area contributed by atoms with Crippen molar-refractivity contribution in [2.24, 2.45) is 5.73 Å². The maximum atomic E-state index is 6.28. The molecule has 3 N–H and O–H groups in total. The van der Waals surface area contributed by atoms with Crippen molar-refractivity contribution in [2.75, 3.05) is 19.0 Å². The predicted molar refractivity (Wildman–Crippen MR) is 84.9 cm³/mol. The molecule has 1 atom stereocenters. The fraction of sp³-hybridized carbons (Fsp3) is 0.200. The Morgan fingerprint density at radius 1 is 1.20 bits per heavy atom. The van der Waals surface area contributed by atoms with Gasteiger partial charge in [-0.15, -0.1) is 0 Å². The highest BCUT2D eigenvalue weighted by molar-refractivity contribution is 6.31. The van der Waals surface area contributed by atoms with Crippen molar-refractivity contribution in [3.05, 3.63) is 58.1 Å². The molecule has 0 fully saturated rings. The van der Waals surface area contributed by atoms with Gasteiger partial charge in [-0.1, -0.05) is 35.3 Å². The standard InChI is InChI=1S/C15H16Cl2N2O/c1-20-14-7-3-6-12(17)15(14)13(9-18)19-11-5-2-4-10(16)8-11/h2-8,13,19H,9,18H2,1H3. The second-order valence-corrected chi connectivity index (χ2v) is 5.14. The number of ether oxygens (including phenoxy) is 1. The van der Waals surface area contributed by atoms with Crippen LogP contribution in [0.4, 0.5) is 5.69 Å². The van der Waals surface area contributed by atoms with Gasteiger partial charge in [0, 0.05) is 27.8 Å². The third kappa shape index (κ3) is 3.37. The highest BCUT2D eigenvalue weighted by atomic mass is 35.5. The van der Waals surface area contributed by atoms with Crippen LogP contribution in [0.3, 0.4) is 0 Å². The van der Waals surface area contributed by atoms with Crippen LogP contribution in [0, 0.1) is 0 Å². The molecule has 0 aromatic heterocycles. The number of nitrogens with one attached hydrogen (secondary N) is 1. The molecule has 0 aliphatic rings. The van der Waals surface area contributed by atoms with E-state index in [0.29, 0.717) is 22.3 Å². The topological polar surface area (TPSA) is 47.3 Å². The van der Waals surface area contributed by atoms with Gasteiger partial charge in [0.1, 0.15) is 5.75 Å².